The van der Waals surface area contributed by atoms with E-state index in [9.17, 15) is 0 Å². The Balaban J connectivity index is 1.28. The predicted molar refractivity (Wildman–Crippen MR) is 281 cm³/mol. The molecule has 15 aromatic rings. The van der Waals surface area contributed by atoms with Crippen molar-refractivity contribution in [1.29, 1.82) is 0 Å². The lowest BCUT2D eigenvalue weighted by Crippen LogP contribution is -2.05. The molecule has 0 unspecified atom stereocenters. The van der Waals surface area contributed by atoms with Gasteiger partial charge in [0.25, 0.3) is 0 Å². The Bertz CT molecular complexity index is 4510. The maximum Gasteiger partial charge on any atom is 0.228 e. The van der Waals surface area contributed by atoms with Gasteiger partial charge < -0.3 is 19.4 Å². The lowest BCUT2D eigenvalue weighted by atomic mass is 9.80. The molecular weight excluding hydrogens is 885 g/mol. The number of rotatable bonds is 7. The van der Waals surface area contributed by atoms with Crippen LogP contribution in [0.3, 0.4) is 0 Å². The second kappa shape index (κ2) is 15.0. The highest BCUT2D eigenvalue weighted by molar-refractivity contribution is 7.13. The number of pyridine rings is 2. The van der Waals surface area contributed by atoms with Crippen molar-refractivity contribution in [2.45, 2.75) is 0 Å². The molecule has 4 N–H and O–H groups in total. The summed E-state index contributed by atoms with van der Waals surface area (Å²) in [6.45, 7) is 0. The Kier molecular flexibility index (Phi) is 8.26. The second-order valence-corrected chi connectivity index (χ2v) is 18.2. The van der Waals surface area contributed by atoms with Crippen LogP contribution in [0.15, 0.2) is 187 Å². The van der Waals surface area contributed by atoms with Crippen LogP contribution in [-0.2, 0) is 0 Å². The Hall–Kier alpha value is -9.52. The van der Waals surface area contributed by atoms with Gasteiger partial charge in [-0.3, -0.25) is 5.10 Å². The van der Waals surface area contributed by atoms with Crippen LogP contribution in [-0.4, -0.2) is 49.7 Å². The molecule has 0 spiro atoms. The maximum atomic E-state index is 7.02. The number of H-pyrrole nitrogens is 4. The molecule has 0 fully saturated rings. The van der Waals surface area contributed by atoms with E-state index >= 15 is 0 Å². The predicted octanol–water partition coefficient (Wildman–Crippen LogP) is 14.8. The van der Waals surface area contributed by atoms with E-state index in [-0.39, 0.29) is 0 Å². The number of hydrogen-bond donors (Lipinski definition) is 4. The molecule has 328 valence electrons. The summed E-state index contributed by atoms with van der Waals surface area (Å²) in [6, 6.07) is 58.0. The largest absolute Gasteiger partial charge is 0.436 e. The number of para-hydroxylation sites is 5. The van der Waals surface area contributed by atoms with Crippen LogP contribution in [0.2, 0.25) is 0 Å². The third-order valence-electron chi connectivity index (χ3n) is 13.6. The summed E-state index contributed by atoms with van der Waals surface area (Å²) in [5, 5.41) is 20.3. The van der Waals surface area contributed by atoms with Crippen molar-refractivity contribution >= 4 is 87.1 Å². The van der Waals surface area contributed by atoms with Gasteiger partial charge in [0.1, 0.15) is 16.7 Å². The molecular formula is C58H34N10OS. The first-order valence-corrected chi connectivity index (χ1v) is 23.7. The van der Waals surface area contributed by atoms with Gasteiger partial charge in [0.05, 0.1) is 44.1 Å². The molecule has 12 heteroatoms. The van der Waals surface area contributed by atoms with Gasteiger partial charge in [-0.25, -0.2) is 15.0 Å². The molecule has 0 atom stereocenters. The highest BCUT2D eigenvalue weighted by Gasteiger charge is 2.35. The van der Waals surface area contributed by atoms with E-state index in [4.69, 9.17) is 29.6 Å². The molecule has 0 radical (unpaired) electrons. The monoisotopic (exact) mass is 918 g/mol. The normalized spacial score (nSPS) is 12.0. The van der Waals surface area contributed by atoms with E-state index in [1.54, 1.807) is 0 Å². The van der Waals surface area contributed by atoms with E-state index in [1.165, 1.54) is 11.5 Å². The van der Waals surface area contributed by atoms with Gasteiger partial charge in [-0.1, -0.05) is 114 Å². The molecule has 0 aliphatic carbocycles. The number of aromatic nitrogens is 10. The number of nitrogens with one attached hydrogen (secondary N) is 4. The fourth-order valence-electron chi connectivity index (χ4n) is 10.5. The van der Waals surface area contributed by atoms with Crippen molar-refractivity contribution in [2.75, 3.05) is 0 Å². The van der Waals surface area contributed by atoms with Crippen molar-refractivity contribution < 1.29 is 4.42 Å². The minimum atomic E-state index is 0.449. The molecule has 15 rings (SSSR count). The average molecular weight is 919 g/mol. The van der Waals surface area contributed by atoms with Crippen LogP contribution in [0, 0.1) is 0 Å². The zero-order valence-corrected chi connectivity index (χ0v) is 37.6. The van der Waals surface area contributed by atoms with Crippen LogP contribution in [0.5, 0.6) is 0 Å². The smallest absolute Gasteiger partial charge is 0.228 e. The molecule has 8 heterocycles. The van der Waals surface area contributed by atoms with E-state index in [0.717, 1.165) is 126 Å². The third-order valence-corrected chi connectivity index (χ3v) is 14.2. The Morgan fingerprint density at radius 3 is 2.16 bits per heavy atom. The Morgan fingerprint density at radius 1 is 0.500 bits per heavy atom. The van der Waals surface area contributed by atoms with Gasteiger partial charge in [0.15, 0.2) is 5.58 Å². The number of aromatic amines is 4. The van der Waals surface area contributed by atoms with Gasteiger partial charge in [0.2, 0.25) is 5.89 Å². The molecule has 0 aliphatic heterocycles. The van der Waals surface area contributed by atoms with Crippen LogP contribution in [0.4, 0.5) is 0 Å². The molecule has 0 amide bonds. The standard InChI is InChI=1S/C58H34N10OS/c1-4-16-34-33(15-1)30-60-54(34)50-47(43-29-32-14-3-7-20-38(32)62-43)48-49(46(41-23-12-28-59-41)51(50)58-63-40-22-9-10-24-44(40)69-58)57(42-27-26-31-13-2-6-19-37(31)61-42)64-55(36-18-11-25-45-53(36)67-68-70-45)52(48)56-35-17-5-8-21-39(35)65-66-56/h1-30,59-60,62H,(H,65,66). The topological polar surface area (TPSA) is 154 Å². The Labute approximate surface area is 400 Å². The summed E-state index contributed by atoms with van der Waals surface area (Å²) in [4.78, 5) is 28.2. The molecule has 0 aliphatic rings. The second-order valence-electron chi connectivity index (χ2n) is 17.5. The van der Waals surface area contributed by atoms with Crippen LogP contribution in [0.25, 0.3) is 155 Å². The molecule has 0 bridgehead atoms. The number of benzene rings is 7. The number of nitrogens with zero attached hydrogens (tertiary/aromatic N) is 6. The van der Waals surface area contributed by atoms with Crippen molar-refractivity contribution in [3.63, 3.8) is 0 Å². The molecule has 0 saturated heterocycles. The number of hydrogen-bond acceptors (Lipinski definition) is 8. The van der Waals surface area contributed by atoms with Crippen LogP contribution >= 0.6 is 11.5 Å². The van der Waals surface area contributed by atoms with E-state index in [1.807, 2.05) is 60.8 Å². The summed E-state index contributed by atoms with van der Waals surface area (Å²) in [7, 11) is 0. The van der Waals surface area contributed by atoms with Crippen molar-refractivity contribution in [3.05, 3.63) is 182 Å². The molecule has 11 nitrogen and oxygen atoms in total. The lowest BCUT2D eigenvalue weighted by molar-refractivity contribution is 0.620. The quantitative estimate of drug-likeness (QED) is 0.124. The molecule has 7 aromatic carbocycles. The molecule has 8 aromatic heterocycles. The maximum absolute atomic E-state index is 7.02. The minimum absolute atomic E-state index is 0.449. The van der Waals surface area contributed by atoms with Gasteiger partial charge in [0, 0.05) is 89.4 Å². The molecule has 0 saturated carbocycles. The zero-order chi connectivity index (χ0) is 45.9. The first kappa shape index (κ1) is 38.6. The van der Waals surface area contributed by atoms with Crippen molar-refractivity contribution in [2.24, 2.45) is 0 Å². The summed E-state index contributed by atoms with van der Waals surface area (Å²) in [5.41, 5.74) is 15.2. The van der Waals surface area contributed by atoms with Gasteiger partial charge in [-0.15, -0.1) is 5.10 Å². The fourth-order valence-corrected chi connectivity index (χ4v) is 11.1. The summed E-state index contributed by atoms with van der Waals surface area (Å²) in [5.74, 6) is 0.449. The first-order valence-electron chi connectivity index (χ1n) is 22.9. The first-order chi connectivity index (χ1) is 34.7. The third kappa shape index (κ3) is 5.74. The summed E-state index contributed by atoms with van der Waals surface area (Å²) < 4.78 is 12.4. The van der Waals surface area contributed by atoms with Gasteiger partial charge in [-0.2, -0.15) is 5.10 Å². The van der Waals surface area contributed by atoms with Gasteiger partial charge in [-0.05, 0) is 77.6 Å². The van der Waals surface area contributed by atoms with E-state index < -0.39 is 0 Å². The van der Waals surface area contributed by atoms with Crippen LogP contribution in [0.1, 0.15) is 0 Å². The van der Waals surface area contributed by atoms with Gasteiger partial charge >= 0.3 is 0 Å². The van der Waals surface area contributed by atoms with Crippen molar-refractivity contribution in [1.82, 2.24) is 49.7 Å². The Morgan fingerprint density at radius 2 is 1.29 bits per heavy atom. The highest BCUT2D eigenvalue weighted by Crippen LogP contribution is 2.57. The lowest BCUT2D eigenvalue weighted by Gasteiger charge is -2.25. The SMILES string of the molecule is c1c[nH]c(-c2c(-c3nc4ccccc4o3)c(-c3[nH]cc4ccccc34)c(-c3cc4ccccc4[nH]3)c3c(-c4n[nH]c5ccccc45)c(-c4cccc5snnc45)nc(-c4ccc5ccccc5n4)c23)c1. The number of oxazole rings is 1. The van der Waals surface area contributed by atoms with Crippen LogP contribution < -0.4 is 0 Å². The van der Waals surface area contributed by atoms with E-state index in [0.29, 0.717) is 28.6 Å². The summed E-state index contributed by atoms with van der Waals surface area (Å²) in [6.07, 6.45) is 4.04. The van der Waals surface area contributed by atoms with E-state index in [2.05, 4.69) is 146 Å². The highest BCUT2D eigenvalue weighted by atomic mass is 32.1. The van der Waals surface area contributed by atoms with Crippen molar-refractivity contribution in [3.8, 4) is 79.1 Å². The minimum Gasteiger partial charge on any atom is -0.436 e. The number of fused-ring (bicyclic) bond motifs is 7. The summed E-state index contributed by atoms with van der Waals surface area (Å²) >= 11 is 1.36. The average Bonchev–Trinajstić information content (AvgIpc) is 4.29. The zero-order valence-electron chi connectivity index (χ0n) is 36.8. The molecule has 70 heavy (non-hydrogen) atoms. The fraction of sp³-hybridized carbons (Fsp3) is 0.